The van der Waals surface area contributed by atoms with Gasteiger partial charge in [-0.25, -0.2) is 0 Å². The summed E-state index contributed by atoms with van der Waals surface area (Å²) in [5.41, 5.74) is -0.390. The van der Waals surface area contributed by atoms with Crippen molar-refractivity contribution in [3.63, 3.8) is 0 Å². The van der Waals surface area contributed by atoms with Crippen LogP contribution in [0.5, 0.6) is 0 Å². The van der Waals surface area contributed by atoms with E-state index < -0.39 is 19.6 Å². The van der Waals surface area contributed by atoms with Crippen LogP contribution in [0.3, 0.4) is 0 Å². The first-order chi connectivity index (χ1) is 10.2. The Hall–Kier alpha value is -0.973. The number of hydrogen-bond acceptors (Lipinski definition) is 3. The molecule has 0 aromatic heterocycles. The molecule has 0 spiro atoms. The van der Waals surface area contributed by atoms with E-state index in [4.69, 9.17) is 0 Å². The van der Waals surface area contributed by atoms with Gasteiger partial charge in [-0.1, -0.05) is 19.6 Å². The molecule has 0 bridgehead atoms. The predicted octanol–water partition coefficient (Wildman–Crippen LogP) is 3.52. The van der Waals surface area contributed by atoms with Crippen molar-refractivity contribution in [3.05, 3.63) is 0 Å². The maximum atomic E-state index is 12.6. The molecule has 2 saturated carbocycles. The molecular formula is C17H28O4Si. The standard InChI is InChI=1S/C17H28O4Si/c1-22(2,3)16(17(20)21)13-8-5-9-14(19)15(13)11-6-4-7-12(18)10-11/h11,13,15-16H,4-10H2,1-3H3,(H,20,21). The number of ketones is 2. The highest BCUT2D eigenvalue weighted by Gasteiger charge is 2.48. The lowest BCUT2D eigenvalue weighted by atomic mass is 9.66. The van der Waals surface area contributed by atoms with Crippen LogP contribution in [0.2, 0.25) is 25.2 Å². The van der Waals surface area contributed by atoms with E-state index in [0.717, 1.165) is 25.7 Å². The van der Waals surface area contributed by atoms with Crippen molar-refractivity contribution in [1.82, 2.24) is 0 Å². The summed E-state index contributed by atoms with van der Waals surface area (Å²) in [5.74, 6) is -0.482. The fourth-order valence-corrected chi connectivity index (χ4v) is 7.04. The van der Waals surface area contributed by atoms with Gasteiger partial charge in [-0.05, 0) is 37.5 Å². The molecule has 4 unspecified atom stereocenters. The Bertz CT molecular complexity index is 466. The summed E-state index contributed by atoms with van der Waals surface area (Å²) < 4.78 is 0. The number of carbonyl (C=O) groups is 3. The van der Waals surface area contributed by atoms with Gasteiger partial charge in [-0.15, -0.1) is 0 Å². The third kappa shape index (κ3) is 3.67. The van der Waals surface area contributed by atoms with Crippen LogP contribution < -0.4 is 0 Å². The minimum atomic E-state index is -1.93. The molecule has 5 heteroatoms. The third-order valence-corrected chi connectivity index (χ3v) is 7.99. The van der Waals surface area contributed by atoms with E-state index in [1.165, 1.54) is 0 Å². The molecule has 0 radical (unpaired) electrons. The van der Waals surface area contributed by atoms with E-state index in [1.54, 1.807) is 0 Å². The SMILES string of the molecule is C[Si](C)(C)C(C(=O)O)C1CCCC(=O)C1C1CCCC(=O)C1. The Morgan fingerprint density at radius 3 is 2.32 bits per heavy atom. The van der Waals surface area contributed by atoms with Crippen molar-refractivity contribution >= 4 is 25.6 Å². The van der Waals surface area contributed by atoms with Gasteiger partial charge in [-0.2, -0.15) is 0 Å². The van der Waals surface area contributed by atoms with Crippen LogP contribution in [0.4, 0.5) is 0 Å². The molecule has 2 rings (SSSR count). The van der Waals surface area contributed by atoms with Gasteiger partial charge in [0.05, 0.1) is 13.6 Å². The fourth-order valence-electron chi connectivity index (χ4n) is 4.64. The maximum absolute atomic E-state index is 12.6. The van der Waals surface area contributed by atoms with Crippen LogP contribution in [0.1, 0.15) is 44.9 Å². The Kier molecular flexibility index (Phi) is 5.25. The summed E-state index contributed by atoms with van der Waals surface area (Å²) in [7, 11) is -1.93. The van der Waals surface area contributed by atoms with Crippen LogP contribution in [0, 0.1) is 17.8 Å². The summed E-state index contributed by atoms with van der Waals surface area (Å²) in [6.45, 7) is 6.23. The molecule has 0 heterocycles. The van der Waals surface area contributed by atoms with Gasteiger partial charge in [0.1, 0.15) is 11.6 Å². The molecule has 0 aromatic carbocycles. The van der Waals surface area contributed by atoms with Crippen LogP contribution in [-0.2, 0) is 14.4 Å². The zero-order chi connectivity index (χ0) is 16.5. The molecule has 2 fully saturated rings. The second kappa shape index (κ2) is 6.65. The Morgan fingerprint density at radius 1 is 1.14 bits per heavy atom. The molecule has 4 atom stereocenters. The predicted molar refractivity (Wildman–Crippen MR) is 87.5 cm³/mol. The highest BCUT2D eigenvalue weighted by atomic mass is 28.3. The summed E-state index contributed by atoms with van der Waals surface area (Å²) in [4.78, 5) is 36.3. The van der Waals surface area contributed by atoms with Crippen LogP contribution in [0.15, 0.2) is 0 Å². The molecule has 0 saturated heterocycles. The number of carboxylic acid groups (broad SMARTS) is 1. The zero-order valence-electron chi connectivity index (χ0n) is 13.9. The topological polar surface area (TPSA) is 71.4 Å². The first-order valence-corrected chi connectivity index (χ1v) is 12.1. The highest BCUT2D eigenvalue weighted by Crippen LogP contribution is 2.47. The zero-order valence-corrected chi connectivity index (χ0v) is 14.9. The molecule has 1 N–H and O–H groups in total. The van der Waals surface area contributed by atoms with E-state index in [-0.39, 0.29) is 29.3 Å². The Labute approximate surface area is 133 Å². The molecule has 2 aliphatic carbocycles. The Morgan fingerprint density at radius 2 is 1.77 bits per heavy atom. The monoisotopic (exact) mass is 324 g/mol. The molecule has 22 heavy (non-hydrogen) atoms. The first-order valence-electron chi connectivity index (χ1n) is 8.49. The van der Waals surface area contributed by atoms with E-state index in [0.29, 0.717) is 19.3 Å². The minimum Gasteiger partial charge on any atom is -0.481 e. The summed E-state index contributed by atoms with van der Waals surface area (Å²) in [5, 5.41) is 9.77. The van der Waals surface area contributed by atoms with Gasteiger partial charge in [0.25, 0.3) is 0 Å². The van der Waals surface area contributed by atoms with Gasteiger partial charge < -0.3 is 5.11 Å². The first kappa shape index (κ1) is 17.4. The van der Waals surface area contributed by atoms with Crippen LogP contribution >= 0.6 is 0 Å². The van der Waals surface area contributed by atoms with Gasteiger partial charge in [0.15, 0.2) is 0 Å². The average molecular weight is 324 g/mol. The largest absolute Gasteiger partial charge is 0.481 e. The van der Waals surface area contributed by atoms with Crippen molar-refractivity contribution < 1.29 is 19.5 Å². The Balaban J connectivity index is 2.31. The van der Waals surface area contributed by atoms with Crippen molar-refractivity contribution in [1.29, 1.82) is 0 Å². The number of carboxylic acids is 1. The van der Waals surface area contributed by atoms with E-state index in [2.05, 4.69) is 19.6 Å². The number of rotatable bonds is 4. The number of carbonyl (C=O) groups excluding carboxylic acids is 2. The lowest BCUT2D eigenvalue weighted by Crippen LogP contribution is -2.47. The molecule has 0 amide bonds. The lowest BCUT2D eigenvalue weighted by Gasteiger charge is -2.43. The van der Waals surface area contributed by atoms with Gasteiger partial charge >= 0.3 is 5.97 Å². The van der Waals surface area contributed by atoms with Crippen molar-refractivity contribution in [2.75, 3.05) is 0 Å². The maximum Gasteiger partial charge on any atom is 0.304 e. The third-order valence-electron chi connectivity index (χ3n) is 5.45. The lowest BCUT2D eigenvalue weighted by molar-refractivity contribution is -0.141. The second-order valence-electron chi connectivity index (χ2n) is 8.13. The van der Waals surface area contributed by atoms with Crippen LogP contribution in [0.25, 0.3) is 0 Å². The van der Waals surface area contributed by atoms with Gasteiger partial charge in [-0.3, -0.25) is 14.4 Å². The normalized spacial score (nSPS) is 31.9. The molecular weight excluding hydrogens is 296 g/mol. The van der Waals surface area contributed by atoms with Crippen molar-refractivity contribution in [2.24, 2.45) is 17.8 Å². The second-order valence-corrected chi connectivity index (χ2v) is 13.5. The summed E-state index contributed by atoms with van der Waals surface area (Å²) >= 11 is 0. The highest BCUT2D eigenvalue weighted by molar-refractivity contribution is 6.80. The number of aliphatic carboxylic acids is 1. The molecule has 0 aliphatic heterocycles. The molecule has 0 aromatic rings. The number of hydrogen-bond donors (Lipinski definition) is 1. The molecule has 4 nitrogen and oxygen atoms in total. The molecule has 2 aliphatic rings. The summed E-state index contributed by atoms with van der Waals surface area (Å²) in [6.07, 6.45) is 5.03. The summed E-state index contributed by atoms with van der Waals surface area (Å²) in [6, 6.07) is 0. The average Bonchev–Trinajstić information content (AvgIpc) is 2.36. The van der Waals surface area contributed by atoms with Crippen LogP contribution in [-0.4, -0.2) is 30.7 Å². The van der Waals surface area contributed by atoms with Gasteiger partial charge in [0.2, 0.25) is 0 Å². The van der Waals surface area contributed by atoms with Crippen molar-refractivity contribution in [3.8, 4) is 0 Å². The van der Waals surface area contributed by atoms with E-state index >= 15 is 0 Å². The quantitative estimate of drug-likeness (QED) is 0.803. The fraction of sp³-hybridized carbons (Fsp3) is 0.824. The van der Waals surface area contributed by atoms with E-state index in [9.17, 15) is 19.5 Å². The number of Topliss-reactive ketones (excluding diaryl/α,β-unsaturated/α-hetero) is 2. The molecule has 124 valence electrons. The van der Waals surface area contributed by atoms with E-state index in [1.807, 2.05) is 0 Å². The smallest absolute Gasteiger partial charge is 0.304 e. The minimum absolute atomic E-state index is 0.0682. The van der Waals surface area contributed by atoms with Crippen molar-refractivity contribution in [2.45, 2.75) is 70.1 Å². The van der Waals surface area contributed by atoms with Gasteiger partial charge in [0, 0.05) is 25.2 Å².